The van der Waals surface area contributed by atoms with Gasteiger partial charge in [-0.05, 0) is 34.8 Å². The molecule has 1 amide bonds. The molecule has 0 spiro atoms. The molecule has 2 aromatic carbocycles. The van der Waals surface area contributed by atoms with Gasteiger partial charge in [0.25, 0.3) is 0 Å². The molecule has 0 aliphatic heterocycles. The first kappa shape index (κ1) is 19.1. The van der Waals surface area contributed by atoms with E-state index in [4.69, 9.17) is 0 Å². The van der Waals surface area contributed by atoms with Crippen molar-refractivity contribution >= 4 is 23.5 Å². The molecule has 0 atom stereocenters. The third-order valence-electron chi connectivity index (χ3n) is 3.92. The van der Waals surface area contributed by atoms with Gasteiger partial charge in [-0.15, -0.1) is 0 Å². The van der Waals surface area contributed by atoms with Gasteiger partial charge in [-0.3, -0.25) is 9.59 Å². The minimum absolute atomic E-state index is 0.00509. The molecule has 132 valence electrons. The van der Waals surface area contributed by atoms with Gasteiger partial charge in [0, 0.05) is 18.2 Å². The van der Waals surface area contributed by atoms with Gasteiger partial charge in [0.05, 0.1) is 0 Å². The van der Waals surface area contributed by atoms with Crippen molar-refractivity contribution < 1.29 is 9.59 Å². The summed E-state index contributed by atoms with van der Waals surface area (Å²) < 4.78 is 0. The van der Waals surface area contributed by atoms with E-state index in [1.54, 1.807) is 42.5 Å². The van der Waals surface area contributed by atoms with Crippen molar-refractivity contribution in [2.24, 2.45) is 0 Å². The standard InChI is InChI=1S/C22H22N2O2/c1-15(25)24-20-11-5-16(6-12-20)13-18(14-23)21(26)17-7-9-19(10-8-17)22(2,3)4/h5-13H,1-4H3,(H,24,25)/b18-13+. The number of ketones is 1. The number of nitriles is 1. The number of carbonyl (C=O) groups is 2. The lowest BCUT2D eigenvalue weighted by atomic mass is 9.86. The predicted octanol–water partition coefficient (Wildman–Crippen LogP) is 4.73. The predicted molar refractivity (Wildman–Crippen MR) is 104 cm³/mol. The van der Waals surface area contributed by atoms with Crippen molar-refractivity contribution in [1.29, 1.82) is 5.26 Å². The van der Waals surface area contributed by atoms with Gasteiger partial charge in [-0.1, -0.05) is 57.2 Å². The highest BCUT2D eigenvalue weighted by Gasteiger charge is 2.16. The van der Waals surface area contributed by atoms with E-state index in [0.29, 0.717) is 11.3 Å². The average Bonchev–Trinajstić information content (AvgIpc) is 2.59. The van der Waals surface area contributed by atoms with Crippen LogP contribution < -0.4 is 5.32 Å². The van der Waals surface area contributed by atoms with Crippen LogP contribution in [0.15, 0.2) is 54.1 Å². The smallest absolute Gasteiger partial charge is 0.221 e. The fourth-order valence-electron chi connectivity index (χ4n) is 2.46. The summed E-state index contributed by atoms with van der Waals surface area (Å²) in [7, 11) is 0. The Balaban J connectivity index is 2.24. The van der Waals surface area contributed by atoms with Gasteiger partial charge in [0.2, 0.25) is 11.7 Å². The summed E-state index contributed by atoms with van der Waals surface area (Å²) in [6.45, 7) is 7.75. The number of carbonyl (C=O) groups excluding carboxylic acids is 2. The van der Waals surface area contributed by atoms with Gasteiger partial charge >= 0.3 is 0 Å². The summed E-state index contributed by atoms with van der Waals surface area (Å²) in [6, 6.07) is 16.3. The van der Waals surface area contributed by atoms with Crippen LogP contribution in [0.5, 0.6) is 0 Å². The number of anilines is 1. The van der Waals surface area contributed by atoms with Crippen LogP contribution in [0.3, 0.4) is 0 Å². The molecular formula is C22H22N2O2. The number of hydrogen-bond donors (Lipinski definition) is 1. The summed E-state index contributed by atoms with van der Waals surface area (Å²) in [5.41, 5.74) is 3.07. The molecule has 0 radical (unpaired) electrons. The zero-order valence-electron chi connectivity index (χ0n) is 15.5. The second-order valence-electron chi connectivity index (χ2n) is 7.13. The summed E-state index contributed by atoms with van der Waals surface area (Å²) in [4.78, 5) is 23.6. The van der Waals surface area contributed by atoms with Gasteiger partial charge in [0.15, 0.2) is 0 Å². The van der Waals surface area contributed by atoms with Gasteiger partial charge < -0.3 is 5.32 Å². The number of amides is 1. The third-order valence-corrected chi connectivity index (χ3v) is 3.92. The topological polar surface area (TPSA) is 70.0 Å². The Hall–Kier alpha value is -3.19. The highest BCUT2D eigenvalue weighted by atomic mass is 16.1. The lowest BCUT2D eigenvalue weighted by molar-refractivity contribution is -0.114. The van der Waals surface area contributed by atoms with E-state index in [-0.39, 0.29) is 22.7 Å². The molecule has 4 heteroatoms. The molecule has 0 saturated heterocycles. The molecule has 0 aromatic heterocycles. The van der Waals surface area contributed by atoms with Gasteiger partial charge in [-0.2, -0.15) is 5.26 Å². The molecule has 0 fully saturated rings. The zero-order valence-corrected chi connectivity index (χ0v) is 15.5. The number of Topliss-reactive ketones (excluding diaryl/α,β-unsaturated/α-hetero) is 1. The first-order valence-electron chi connectivity index (χ1n) is 8.35. The fourth-order valence-corrected chi connectivity index (χ4v) is 2.46. The number of hydrogen-bond acceptors (Lipinski definition) is 3. The van der Waals surface area contributed by atoms with Crippen LogP contribution in [0.2, 0.25) is 0 Å². The molecular weight excluding hydrogens is 324 g/mol. The van der Waals surface area contributed by atoms with Gasteiger partial charge in [-0.25, -0.2) is 0 Å². The Morgan fingerprint density at radius 1 is 1.00 bits per heavy atom. The Kier molecular flexibility index (Phi) is 5.74. The second kappa shape index (κ2) is 7.79. The summed E-state index contributed by atoms with van der Waals surface area (Å²) >= 11 is 0. The van der Waals surface area contributed by atoms with Crippen LogP contribution in [0.4, 0.5) is 5.69 Å². The molecule has 0 aliphatic rings. The molecule has 4 nitrogen and oxygen atoms in total. The molecule has 0 saturated carbocycles. The lowest BCUT2D eigenvalue weighted by Crippen LogP contribution is -2.11. The van der Waals surface area contributed by atoms with Crippen LogP contribution in [-0.2, 0) is 10.2 Å². The van der Waals surface area contributed by atoms with Gasteiger partial charge in [0.1, 0.15) is 11.6 Å². The Labute approximate surface area is 154 Å². The molecule has 26 heavy (non-hydrogen) atoms. The van der Waals surface area contributed by atoms with E-state index in [1.807, 2.05) is 18.2 Å². The maximum absolute atomic E-state index is 12.6. The first-order chi connectivity index (χ1) is 12.2. The number of nitrogens with zero attached hydrogens (tertiary/aromatic N) is 1. The van der Waals surface area contributed by atoms with Crippen molar-refractivity contribution in [2.45, 2.75) is 33.1 Å². The van der Waals surface area contributed by atoms with Crippen molar-refractivity contribution in [3.63, 3.8) is 0 Å². The zero-order chi connectivity index (χ0) is 19.3. The quantitative estimate of drug-likeness (QED) is 0.494. The number of nitrogens with one attached hydrogen (secondary N) is 1. The van der Waals surface area contributed by atoms with Crippen LogP contribution in [0, 0.1) is 11.3 Å². The van der Waals surface area contributed by atoms with E-state index in [0.717, 1.165) is 11.1 Å². The van der Waals surface area contributed by atoms with Crippen LogP contribution >= 0.6 is 0 Å². The molecule has 0 unspecified atom stereocenters. The van der Waals surface area contributed by atoms with Crippen molar-refractivity contribution in [3.05, 3.63) is 70.8 Å². The Bertz CT molecular complexity index is 878. The van der Waals surface area contributed by atoms with Crippen molar-refractivity contribution in [1.82, 2.24) is 0 Å². The lowest BCUT2D eigenvalue weighted by Gasteiger charge is -2.18. The van der Waals surface area contributed by atoms with E-state index < -0.39 is 0 Å². The Morgan fingerprint density at radius 2 is 1.58 bits per heavy atom. The molecule has 0 heterocycles. The van der Waals surface area contributed by atoms with Crippen molar-refractivity contribution in [3.8, 4) is 6.07 Å². The number of benzene rings is 2. The van der Waals surface area contributed by atoms with E-state index in [1.165, 1.54) is 6.92 Å². The van der Waals surface area contributed by atoms with Crippen LogP contribution in [0.1, 0.15) is 49.2 Å². The minimum Gasteiger partial charge on any atom is -0.326 e. The number of allylic oxidation sites excluding steroid dienone is 1. The summed E-state index contributed by atoms with van der Waals surface area (Å²) in [6.07, 6.45) is 1.55. The average molecular weight is 346 g/mol. The molecule has 0 bridgehead atoms. The largest absolute Gasteiger partial charge is 0.326 e. The summed E-state index contributed by atoms with van der Waals surface area (Å²) in [5, 5.41) is 12.1. The van der Waals surface area contributed by atoms with E-state index in [9.17, 15) is 14.9 Å². The Morgan fingerprint density at radius 3 is 2.04 bits per heavy atom. The molecule has 1 N–H and O–H groups in total. The van der Waals surface area contributed by atoms with E-state index >= 15 is 0 Å². The number of rotatable bonds is 4. The highest BCUT2D eigenvalue weighted by Crippen LogP contribution is 2.23. The maximum Gasteiger partial charge on any atom is 0.221 e. The van der Waals surface area contributed by atoms with Crippen molar-refractivity contribution in [2.75, 3.05) is 5.32 Å². The highest BCUT2D eigenvalue weighted by molar-refractivity contribution is 6.14. The van der Waals surface area contributed by atoms with Crippen LogP contribution in [0.25, 0.3) is 6.08 Å². The molecule has 2 rings (SSSR count). The third kappa shape index (κ3) is 4.90. The summed E-state index contributed by atoms with van der Waals surface area (Å²) in [5.74, 6) is -0.459. The fraction of sp³-hybridized carbons (Fsp3) is 0.227. The normalized spacial score (nSPS) is 11.6. The first-order valence-corrected chi connectivity index (χ1v) is 8.35. The second-order valence-corrected chi connectivity index (χ2v) is 7.13. The molecule has 2 aromatic rings. The van der Waals surface area contributed by atoms with Crippen LogP contribution in [-0.4, -0.2) is 11.7 Å². The maximum atomic E-state index is 12.6. The SMILES string of the molecule is CC(=O)Nc1ccc(/C=C(\C#N)C(=O)c2ccc(C(C)(C)C)cc2)cc1. The monoisotopic (exact) mass is 346 g/mol. The van der Waals surface area contributed by atoms with E-state index in [2.05, 4.69) is 26.1 Å². The molecule has 0 aliphatic carbocycles. The minimum atomic E-state index is -0.307.